The van der Waals surface area contributed by atoms with Gasteiger partial charge in [0.05, 0.1) is 19.9 Å². The number of ether oxygens (including phenoxy) is 3. The lowest BCUT2D eigenvalue weighted by atomic mass is 10.1. The van der Waals surface area contributed by atoms with Crippen LogP contribution in [0.4, 0.5) is 0 Å². The first-order valence-corrected chi connectivity index (χ1v) is 10.5. The molecule has 1 heterocycles. The molecule has 0 saturated carbocycles. The quantitative estimate of drug-likeness (QED) is 0.552. The van der Waals surface area contributed by atoms with Crippen molar-refractivity contribution in [2.24, 2.45) is 0 Å². The number of hydrogen-bond acceptors (Lipinski definition) is 6. The van der Waals surface area contributed by atoms with Crippen molar-refractivity contribution < 1.29 is 19.0 Å². The Morgan fingerprint density at radius 3 is 2.47 bits per heavy atom. The second kappa shape index (κ2) is 10.1. The Morgan fingerprint density at radius 1 is 1.03 bits per heavy atom. The number of benzene rings is 2. The maximum Gasteiger partial charge on any atom is 0.263 e. The molecule has 158 valence electrons. The second-order valence-electron chi connectivity index (χ2n) is 6.82. The first-order valence-electron chi connectivity index (χ1n) is 9.65. The largest absolute Gasteiger partial charge is 0.493 e. The Kier molecular flexibility index (Phi) is 7.30. The molecule has 1 N–H and O–H groups in total. The fourth-order valence-corrected chi connectivity index (χ4v) is 3.84. The van der Waals surface area contributed by atoms with Crippen LogP contribution in [0.25, 0.3) is 0 Å². The van der Waals surface area contributed by atoms with Crippen molar-refractivity contribution in [1.82, 2.24) is 10.3 Å². The van der Waals surface area contributed by atoms with Crippen LogP contribution in [0.15, 0.2) is 42.5 Å². The number of carbonyl (C=O) groups excluding carboxylic acids is 1. The van der Waals surface area contributed by atoms with Gasteiger partial charge in [-0.3, -0.25) is 4.79 Å². The van der Waals surface area contributed by atoms with E-state index in [2.05, 4.69) is 10.3 Å². The highest BCUT2D eigenvalue weighted by molar-refractivity contribution is 7.13. The molecule has 0 fully saturated rings. The van der Waals surface area contributed by atoms with E-state index in [1.54, 1.807) is 14.2 Å². The van der Waals surface area contributed by atoms with Gasteiger partial charge in [0.2, 0.25) is 0 Å². The molecule has 0 aliphatic heterocycles. The summed E-state index contributed by atoms with van der Waals surface area (Å²) in [5, 5.41) is 3.74. The topological polar surface area (TPSA) is 69.7 Å². The Morgan fingerprint density at radius 2 is 1.77 bits per heavy atom. The SMILES string of the molecule is COc1ccc(CCNC(=O)c2sc(COc3ccc(C)cc3)nc2C)cc1OC. The van der Waals surface area contributed by atoms with Gasteiger partial charge in [-0.2, -0.15) is 0 Å². The van der Waals surface area contributed by atoms with Gasteiger partial charge in [-0.25, -0.2) is 4.98 Å². The smallest absolute Gasteiger partial charge is 0.263 e. The molecule has 0 spiro atoms. The Balaban J connectivity index is 1.53. The minimum Gasteiger partial charge on any atom is -0.493 e. The van der Waals surface area contributed by atoms with Gasteiger partial charge in [0.25, 0.3) is 5.91 Å². The summed E-state index contributed by atoms with van der Waals surface area (Å²) < 4.78 is 16.3. The zero-order chi connectivity index (χ0) is 21.5. The van der Waals surface area contributed by atoms with Crippen molar-refractivity contribution in [3.8, 4) is 17.2 Å². The number of carbonyl (C=O) groups is 1. The van der Waals surface area contributed by atoms with Gasteiger partial charge in [0.1, 0.15) is 22.2 Å². The van der Waals surface area contributed by atoms with Gasteiger partial charge in [-0.15, -0.1) is 11.3 Å². The number of hydrogen-bond donors (Lipinski definition) is 1. The number of thiazole rings is 1. The fraction of sp³-hybridized carbons (Fsp3) is 0.304. The van der Waals surface area contributed by atoms with Crippen LogP contribution < -0.4 is 19.5 Å². The van der Waals surface area contributed by atoms with Gasteiger partial charge in [0, 0.05) is 6.54 Å². The van der Waals surface area contributed by atoms with E-state index < -0.39 is 0 Å². The maximum absolute atomic E-state index is 12.6. The third kappa shape index (κ3) is 5.51. The minimum absolute atomic E-state index is 0.118. The average Bonchev–Trinajstić information content (AvgIpc) is 3.13. The van der Waals surface area contributed by atoms with Crippen molar-refractivity contribution in [2.45, 2.75) is 26.9 Å². The number of nitrogens with one attached hydrogen (secondary N) is 1. The highest BCUT2D eigenvalue weighted by Gasteiger charge is 2.15. The van der Waals surface area contributed by atoms with Gasteiger partial charge in [-0.1, -0.05) is 23.8 Å². The monoisotopic (exact) mass is 426 g/mol. The van der Waals surface area contributed by atoms with E-state index in [0.29, 0.717) is 41.6 Å². The third-order valence-electron chi connectivity index (χ3n) is 4.58. The molecule has 30 heavy (non-hydrogen) atoms. The molecule has 1 amide bonds. The lowest BCUT2D eigenvalue weighted by Gasteiger charge is -2.10. The van der Waals surface area contributed by atoms with Crippen LogP contribution in [0.1, 0.15) is 31.5 Å². The molecular weight excluding hydrogens is 400 g/mol. The maximum atomic E-state index is 12.6. The van der Waals surface area contributed by atoms with Crippen LogP contribution in [-0.2, 0) is 13.0 Å². The summed E-state index contributed by atoms with van der Waals surface area (Å²) in [6.07, 6.45) is 0.688. The van der Waals surface area contributed by atoms with Crippen LogP contribution in [-0.4, -0.2) is 31.7 Å². The van der Waals surface area contributed by atoms with Gasteiger partial charge < -0.3 is 19.5 Å². The van der Waals surface area contributed by atoms with Crippen molar-refractivity contribution in [3.63, 3.8) is 0 Å². The Hall–Kier alpha value is -3.06. The van der Waals surface area contributed by atoms with Gasteiger partial charge in [0.15, 0.2) is 11.5 Å². The molecule has 7 heteroatoms. The Labute approximate surface area is 180 Å². The van der Waals surface area contributed by atoms with E-state index in [9.17, 15) is 4.79 Å². The number of amides is 1. The summed E-state index contributed by atoms with van der Waals surface area (Å²) in [4.78, 5) is 17.7. The summed E-state index contributed by atoms with van der Waals surface area (Å²) in [5.41, 5.74) is 2.95. The Bertz CT molecular complexity index is 999. The molecule has 0 unspecified atom stereocenters. The highest BCUT2D eigenvalue weighted by Crippen LogP contribution is 2.27. The van der Waals surface area contributed by atoms with Crippen LogP contribution in [0.2, 0.25) is 0 Å². The van der Waals surface area contributed by atoms with Crippen molar-refractivity contribution >= 4 is 17.2 Å². The first-order chi connectivity index (χ1) is 14.5. The standard InChI is InChI=1S/C23H26N2O4S/c1-15-5-8-18(9-6-15)29-14-21-25-16(2)22(30-21)23(26)24-12-11-17-7-10-19(27-3)20(13-17)28-4/h5-10,13H,11-12,14H2,1-4H3,(H,24,26). The number of nitrogens with zero attached hydrogens (tertiary/aromatic N) is 1. The van der Waals surface area contributed by atoms with E-state index in [1.165, 1.54) is 16.9 Å². The van der Waals surface area contributed by atoms with Crippen LogP contribution in [0.5, 0.6) is 17.2 Å². The molecule has 3 rings (SSSR count). The minimum atomic E-state index is -0.118. The predicted octanol–water partition coefficient (Wildman–Crippen LogP) is 4.33. The number of methoxy groups -OCH3 is 2. The van der Waals surface area contributed by atoms with E-state index in [1.807, 2.05) is 56.3 Å². The van der Waals surface area contributed by atoms with Gasteiger partial charge >= 0.3 is 0 Å². The number of rotatable bonds is 9. The molecule has 0 radical (unpaired) electrons. The number of aryl methyl sites for hydroxylation is 2. The molecule has 0 saturated heterocycles. The molecule has 0 bridgehead atoms. The van der Waals surface area contributed by atoms with Crippen LogP contribution >= 0.6 is 11.3 Å². The lowest BCUT2D eigenvalue weighted by Crippen LogP contribution is -2.25. The summed E-state index contributed by atoms with van der Waals surface area (Å²) in [7, 11) is 3.21. The average molecular weight is 427 g/mol. The third-order valence-corrected chi connectivity index (χ3v) is 5.71. The molecule has 0 aliphatic rings. The summed E-state index contributed by atoms with van der Waals surface area (Å²) in [5.74, 6) is 2.03. The molecule has 3 aromatic rings. The van der Waals surface area contributed by atoms with Crippen molar-refractivity contribution in [1.29, 1.82) is 0 Å². The lowest BCUT2D eigenvalue weighted by molar-refractivity contribution is 0.0957. The van der Waals surface area contributed by atoms with E-state index >= 15 is 0 Å². The number of aromatic nitrogens is 1. The van der Waals surface area contributed by atoms with Gasteiger partial charge in [-0.05, 0) is 50.1 Å². The summed E-state index contributed by atoms with van der Waals surface area (Å²) >= 11 is 1.36. The molecule has 0 atom stereocenters. The zero-order valence-corrected chi connectivity index (χ0v) is 18.5. The molecule has 6 nitrogen and oxygen atoms in total. The fourth-order valence-electron chi connectivity index (χ4n) is 2.94. The molecule has 0 aliphatic carbocycles. The van der Waals surface area contributed by atoms with Crippen molar-refractivity contribution in [3.05, 3.63) is 69.2 Å². The van der Waals surface area contributed by atoms with Crippen molar-refractivity contribution in [2.75, 3.05) is 20.8 Å². The summed E-state index contributed by atoms with van der Waals surface area (Å²) in [6.45, 7) is 4.73. The van der Waals surface area contributed by atoms with E-state index in [-0.39, 0.29) is 5.91 Å². The normalized spacial score (nSPS) is 10.5. The zero-order valence-electron chi connectivity index (χ0n) is 17.7. The van der Waals surface area contributed by atoms with E-state index in [4.69, 9.17) is 14.2 Å². The molecule has 2 aromatic carbocycles. The highest BCUT2D eigenvalue weighted by atomic mass is 32.1. The second-order valence-corrected chi connectivity index (χ2v) is 7.90. The summed E-state index contributed by atoms with van der Waals surface area (Å²) in [6, 6.07) is 13.6. The van der Waals surface area contributed by atoms with Crippen LogP contribution in [0.3, 0.4) is 0 Å². The van der Waals surface area contributed by atoms with Crippen LogP contribution in [0, 0.1) is 13.8 Å². The predicted molar refractivity (Wildman–Crippen MR) is 118 cm³/mol. The molecular formula is C23H26N2O4S. The first kappa shape index (κ1) is 21.6. The molecule has 1 aromatic heterocycles. The van der Waals surface area contributed by atoms with E-state index in [0.717, 1.165) is 16.3 Å².